The van der Waals surface area contributed by atoms with E-state index in [0.717, 1.165) is 55.0 Å². The largest absolute Gasteiger partial charge is 0.294 e. The molecule has 0 aliphatic carbocycles. The van der Waals surface area contributed by atoms with Crippen LogP contribution in [0.2, 0.25) is 5.02 Å². The maximum Gasteiger partial charge on any atom is 0.142 e. The highest BCUT2D eigenvalue weighted by molar-refractivity contribution is 6.31. The van der Waals surface area contributed by atoms with Crippen molar-refractivity contribution in [3.05, 3.63) is 57.6 Å². The van der Waals surface area contributed by atoms with Crippen molar-refractivity contribution in [1.82, 2.24) is 14.9 Å². The first-order valence-corrected chi connectivity index (χ1v) is 8.14. The third-order valence-corrected chi connectivity index (χ3v) is 4.47. The van der Waals surface area contributed by atoms with Gasteiger partial charge in [0.1, 0.15) is 17.5 Å². The van der Waals surface area contributed by atoms with Crippen molar-refractivity contribution in [2.24, 2.45) is 0 Å². The lowest BCUT2D eigenvalue weighted by Crippen LogP contribution is -2.31. The average Bonchev–Trinajstić information content (AvgIpc) is 2.55. The van der Waals surface area contributed by atoms with Crippen molar-refractivity contribution < 1.29 is 8.78 Å². The molecular formula is C17H18ClF2N3. The molecule has 1 aromatic heterocycles. The smallest absolute Gasteiger partial charge is 0.142 e. The van der Waals surface area contributed by atoms with Gasteiger partial charge in [0.05, 0.1) is 5.02 Å². The molecule has 2 aromatic rings. The Morgan fingerprint density at radius 2 is 2.04 bits per heavy atom. The van der Waals surface area contributed by atoms with Crippen molar-refractivity contribution in [3.8, 4) is 0 Å². The van der Waals surface area contributed by atoms with E-state index in [1.807, 2.05) is 11.1 Å². The number of rotatable bonds is 4. The number of aryl methyl sites for hydroxylation is 1. The van der Waals surface area contributed by atoms with Crippen LogP contribution < -0.4 is 0 Å². The SMILES string of the molecule is CCCc1ncc2c(n1)CCN(Cc1c(F)ccc(F)c1Cl)C2. The lowest BCUT2D eigenvalue weighted by Gasteiger charge is -2.28. The van der Waals surface area contributed by atoms with E-state index in [1.54, 1.807) is 0 Å². The van der Waals surface area contributed by atoms with Crippen LogP contribution >= 0.6 is 11.6 Å². The molecule has 2 heterocycles. The summed E-state index contributed by atoms with van der Waals surface area (Å²) in [5.41, 5.74) is 2.31. The number of hydrogen-bond acceptors (Lipinski definition) is 3. The van der Waals surface area contributed by atoms with Gasteiger partial charge in [-0.05, 0) is 18.6 Å². The summed E-state index contributed by atoms with van der Waals surface area (Å²) in [7, 11) is 0. The molecule has 3 rings (SSSR count). The van der Waals surface area contributed by atoms with Gasteiger partial charge < -0.3 is 0 Å². The fourth-order valence-electron chi connectivity index (χ4n) is 2.83. The lowest BCUT2D eigenvalue weighted by molar-refractivity contribution is 0.239. The second kappa shape index (κ2) is 6.89. The number of halogens is 3. The Kier molecular flexibility index (Phi) is 4.87. The van der Waals surface area contributed by atoms with Gasteiger partial charge >= 0.3 is 0 Å². The van der Waals surface area contributed by atoms with Crippen molar-refractivity contribution in [2.75, 3.05) is 6.54 Å². The summed E-state index contributed by atoms with van der Waals surface area (Å²) < 4.78 is 27.4. The monoisotopic (exact) mass is 337 g/mol. The molecule has 3 nitrogen and oxygen atoms in total. The molecule has 0 N–H and O–H groups in total. The van der Waals surface area contributed by atoms with Gasteiger partial charge in [0.25, 0.3) is 0 Å². The molecule has 1 aromatic carbocycles. The Morgan fingerprint density at radius 3 is 2.83 bits per heavy atom. The third kappa shape index (κ3) is 3.51. The van der Waals surface area contributed by atoms with E-state index >= 15 is 0 Å². The Bertz CT molecular complexity index is 721. The van der Waals surface area contributed by atoms with Crippen LogP contribution in [0.15, 0.2) is 18.3 Å². The zero-order valence-corrected chi connectivity index (χ0v) is 13.7. The van der Waals surface area contributed by atoms with Crippen molar-refractivity contribution in [2.45, 2.75) is 39.3 Å². The normalized spacial score (nSPS) is 14.8. The molecule has 1 aliphatic rings. The zero-order chi connectivity index (χ0) is 16.4. The van der Waals surface area contributed by atoms with Crippen LogP contribution in [0.25, 0.3) is 0 Å². The first-order chi connectivity index (χ1) is 11.1. The van der Waals surface area contributed by atoms with Gasteiger partial charge in [-0.2, -0.15) is 0 Å². The van der Waals surface area contributed by atoms with Crippen LogP contribution in [0.4, 0.5) is 8.78 Å². The van der Waals surface area contributed by atoms with Gasteiger partial charge in [0.2, 0.25) is 0 Å². The predicted octanol–water partition coefficient (Wildman–Crippen LogP) is 3.92. The maximum absolute atomic E-state index is 13.9. The summed E-state index contributed by atoms with van der Waals surface area (Å²) >= 11 is 5.91. The van der Waals surface area contributed by atoms with E-state index in [-0.39, 0.29) is 17.1 Å². The molecule has 6 heteroatoms. The van der Waals surface area contributed by atoms with Crippen LogP contribution in [-0.2, 0) is 25.9 Å². The summed E-state index contributed by atoms with van der Waals surface area (Å²) in [6, 6.07) is 2.17. The zero-order valence-electron chi connectivity index (χ0n) is 13.0. The molecule has 0 atom stereocenters. The van der Waals surface area contributed by atoms with Gasteiger partial charge in [-0.3, -0.25) is 4.90 Å². The van der Waals surface area contributed by atoms with Crippen molar-refractivity contribution >= 4 is 11.6 Å². The Morgan fingerprint density at radius 1 is 1.26 bits per heavy atom. The topological polar surface area (TPSA) is 29.0 Å². The van der Waals surface area contributed by atoms with E-state index in [1.165, 1.54) is 0 Å². The minimum absolute atomic E-state index is 0.134. The molecule has 1 aliphatic heterocycles. The highest BCUT2D eigenvalue weighted by atomic mass is 35.5. The quantitative estimate of drug-likeness (QED) is 0.792. The van der Waals surface area contributed by atoms with Gasteiger partial charge in [0, 0.05) is 55.5 Å². The van der Waals surface area contributed by atoms with E-state index in [2.05, 4.69) is 16.9 Å². The summed E-state index contributed by atoms with van der Waals surface area (Å²) in [6.45, 7) is 3.73. The fourth-order valence-corrected chi connectivity index (χ4v) is 3.05. The van der Waals surface area contributed by atoms with E-state index in [9.17, 15) is 8.78 Å². The number of aromatic nitrogens is 2. The van der Waals surface area contributed by atoms with E-state index < -0.39 is 11.6 Å². The highest BCUT2D eigenvalue weighted by Gasteiger charge is 2.21. The number of fused-ring (bicyclic) bond motifs is 1. The summed E-state index contributed by atoms with van der Waals surface area (Å²) in [5.74, 6) is -0.191. The third-order valence-electron chi connectivity index (χ3n) is 4.06. The first kappa shape index (κ1) is 16.3. The summed E-state index contributed by atoms with van der Waals surface area (Å²) in [4.78, 5) is 11.0. The van der Waals surface area contributed by atoms with Crippen LogP contribution in [-0.4, -0.2) is 21.4 Å². The first-order valence-electron chi connectivity index (χ1n) is 7.77. The molecule has 0 fully saturated rings. The lowest BCUT2D eigenvalue weighted by atomic mass is 10.1. The predicted molar refractivity (Wildman–Crippen MR) is 85.2 cm³/mol. The van der Waals surface area contributed by atoms with E-state index in [0.29, 0.717) is 6.54 Å². The highest BCUT2D eigenvalue weighted by Crippen LogP contribution is 2.26. The number of nitrogens with zero attached hydrogens (tertiary/aromatic N) is 3. The molecule has 0 bridgehead atoms. The number of benzene rings is 1. The van der Waals surface area contributed by atoms with Gasteiger partial charge in [-0.1, -0.05) is 18.5 Å². The molecule has 23 heavy (non-hydrogen) atoms. The fraction of sp³-hybridized carbons (Fsp3) is 0.412. The molecule has 0 radical (unpaired) electrons. The van der Waals surface area contributed by atoms with Gasteiger partial charge in [-0.25, -0.2) is 18.7 Å². The average molecular weight is 338 g/mol. The van der Waals surface area contributed by atoms with Gasteiger partial charge in [-0.15, -0.1) is 0 Å². The summed E-state index contributed by atoms with van der Waals surface area (Å²) in [6.07, 6.45) is 4.52. The van der Waals surface area contributed by atoms with E-state index in [4.69, 9.17) is 11.6 Å². The van der Waals surface area contributed by atoms with Crippen molar-refractivity contribution in [3.63, 3.8) is 0 Å². The van der Waals surface area contributed by atoms with Crippen molar-refractivity contribution in [1.29, 1.82) is 0 Å². The summed E-state index contributed by atoms with van der Waals surface area (Å²) in [5, 5.41) is -0.134. The molecule has 0 saturated heterocycles. The van der Waals surface area contributed by atoms with Crippen LogP contribution in [0.5, 0.6) is 0 Å². The number of hydrogen-bond donors (Lipinski definition) is 0. The van der Waals surface area contributed by atoms with Crippen LogP contribution in [0.1, 0.15) is 36.0 Å². The second-order valence-electron chi connectivity index (χ2n) is 5.79. The standard InChI is InChI=1S/C17H18ClF2N3/c1-2-3-16-21-8-11-9-23(7-6-15(11)22-16)10-12-13(19)4-5-14(20)17(12)18/h4-5,8H,2-3,6-7,9-10H2,1H3. The Labute approximate surface area is 139 Å². The molecular weight excluding hydrogens is 320 g/mol. The molecule has 122 valence electrons. The Balaban J connectivity index is 1.77. The Hall–Kier alpha value is -1.59. The van der Waals surface area contributed by atoms with Crippen LogP contribution in [0.3, 0.4) is 0 Å². The molecule has 0 amide bonds. The van der Waals surface area contributed by atoms with Gasteiger partial charge in [0.15, 0.2) is 0 Å². The molecule has 0 unspecified atom stereocenters. The molecule has 0 spiro atoms. The van der Waals surface area contributed by atoms with Crippen LogP contribution in [0, 0.1) is 11.6 Å². The minimum Gasteiger partial charge on any atom is -0.294 e. The maximum atomic E-state index is 13.9. The molecule has 0 saturated carbocycles. The minimum atomic E-state index is -0.590. The second-order valence-corrected chi connectivity index (χ2v) is 6.17.